The molecule has 0 unspecified atom stereocenters. The summed E-state index contributed by atoms with van der Waals surface area (Å²) in [5.74, 6) is 0. The fraction of sp³-hybridized carbons (Fsp3) is 1.00. The first kappa shape index (κ1) is 9.13. The van der Waals surface area contributed by atoms with E-state index in [1.807, 2.05) is 0 Å². The zero-order chi connectivity index (χ0) is 7.33. The molecule has 0 saturated heterocycles. The van der Waals surface area contributed by atoms with Crippen LogP contribution in [0.15, 0.2) is 0 Å². The lowest BCUT2D eigenvalue weighted by Crippen LogP contribution is -2.46. The molecule has 4 N–H and O–H groups in total. The average Bonchev–Trinajstić information content (AvgIpc) is 1.89. The van der Waals surface area contributed by atoms with Gasteiger partial charge in [0.1, 0.15) is 5.00 Å². The predicted molar refractivity (Wildman–Crippen MR) is 33.0 cm³/mol. The highest BCUT2D eigenvalue weighted by atomic mass is 35.5. The zero-order valence-electron chi connectivity index (χ0n) is 4.84. The second-order valence-electron chi connectivity index (χ2n) is 1.62. The Bertz CT molecular complexity index is 76.2. The third kappa shape index (κ3) is 2.98. The fourth-order valence-electron chi connectivity index (χ4n) is 0.303. The van der Waals surface area contributed by atoms with E-state index in [1.165, 1.54) is 0 Å². The molecule has 0 aromatic carbocycles. The Hall–Kier alpha value is 0.130. The highest BCUT2D eigenvalue weighted by Crippen LogP contribution is 2.06. The molecule has 0 aliphatic carbocycles. The Morgan fingerprint density at radius 1 is 1.22 bits per heavy atom. The third-order valence-electron chi connectivity index (χ3n) is 0.897. The average molecular weight is 156 g/mol. The van der Waals surface area contributed by atoms with Crippen LogP contribution in [0.1, 0.15) is 0 Å². The Kier molecular flexibility index (Phi) is 4.09. The van der Waals surface area contributed by atoms with Gasteiger partial charge in [-0.2, -0.15) is 0 Å². The first-order chi connectivity index (χ1) is 4.18. The minimum atomic E-state index is -1.28. The van der Waals surface area contributed by atoms with Crippen molar-refractivity contribution in [2.24, 2.45) is 0 Å². The maximum absolute atomic E-state index is 8.45. The van der Waals surface area contributed by atoms with E-state index in [4.69, 9.17) is 26.9 Å². The summed E-state index contributed by atoms with van der Waals surface area (Å²) in [6.45, 7) is -1.22. The van der Waals surface area contributed by atoms with Crippen LogP contribution in [0.4, 0.5) is 0 Å². The van der Waals surface area contributed by atoms with Crippen LogP contribution < -0.4 is 5.32 Å². The Labute approximate surface area is 58.1 Å². The standard InChI is InChI=1S/C4H10ClNO3/c5-4(1-7,2-8)6-3-9/h6-9H,1-3H2. The summed E-state index contributed by atoms with van der Waals surface area (Å²) in [4.78, 5) is -1.28. The van der Waals surface area contributed by atoms with Crippen LogP contribution in [0.5, 0.6) is 0 Å². The highest BCUT2D eigenvalue weighted by Gasteiger charge is 2.23. The number of hydrogen-bond donors (Lipinski definition) is 4. The van der Waals surface area contributed by atoms with Crippen molar-refractivity contribution in [3.8, 4) is 0 Å². The van der Waals surface area contributed by atoms with E-state index in [0.29, 0.717) is 0 Å². The normalized spacial score (nSPS) is 12.0. The molecule has 9 heavy (non-hydrogen) atoms. The van der Waals surface area contributed by atoms with Gasteiger partial charge in [-0.05, 0) is 0 Å². The summed E-state index contributed by atoms with van der Waals surface area (Å²) >= 11 is 5.44. The number of nitrogens with one attached hydrogen (secondary N) is 1. The van der Waals surface area contributed by atoms with Gasteiger partial charge in [-0.15, -0.1) is 0 Å². The van der Waals surface area contributed by atoms with Crippen molar-refractivity contribution in [2.45, 2.75) is 5.00 Å². The third-order valence-corrected chi connectivity index (χ3v) is 1.27. The molecule has 0 aliphatic rings. The lowest BCUT2D eigenvalue weighted by molar-refractivity contribution is 0.117. The van der Waals surface area contributed by atoms with Gasteiger partial charge in [0.25, 0.3) is 0 Å². The molecule has 0 atom stereocenters. The molecule has 0 rings (SSSR count). The maximum atomic E-state index is 8.45. The van der Waals surface area contributed by atoms with E-state index < -0.39 is 18.2 Å². The van der Waals surface area contributed by atoms with E-state index in [9.17, 15) is 0 Å². The molecule has 0 aliphatic heterocycles. The van der Waals surface area contributed by atoms with Crippen LogP contribution >= 0.6 is 11.6 Å². The van der Waals surface area contributed by atoms with Gasteiger partial charge in [0.15, 0.2) is 0 Å². The molecular weight excluding hydrogens is 146 g/mol. The van der Waals surface area contributed by atoms with Crippen LogP contribution in [0.3, 0.4) is 0 Å². The number of alkyl halides is 1. The second kappa shape index (κ2) is 4.03. The first-order valence-electron chi connectivity index (χ1n) is 2.45. The van der Waals surface area contributed by atoms with Crippen molar-refractivity contribution in [3.63, 3.8) is 0 Å². The summed E-state index contributed by atoms with van der Waals surface area (Å²) in [6, 6.07) is 0. The molecule has 0 spiro atoms. The fourth-order valence-corrected chi connectivity index (χ4v) is 0.363. The van der Waals surface area contributed by atoms with Gasteiger partial charge < -0.3 is 15.3 Å². The number of hydrogen-bond acceptors (Lipinski definition) is 4. The maximum Gasteiger partial charge on any atom is 0.142 e. The van der Waals surface area contributed by atoms with Crippen molar-refractivity contribution in [2.75, 3.05) is 19.9 Å². The minimum absolute atomic E-state index is 0.370. The first-order valence-corrected chi connectivity index (χ1v) is 2.83. The molecule has 0 aromatic rings. The minimum Gasteiger partial charge on any atom is -0.393 e. The summed E-state index contributed by atoms with van der Waals surface area (Å²) < 4.78 is 0. The molecule has 0 heterocycles. The van der Waals surface area contributed by atoms with E-state index in [2.05, 4.69) is 5.32 Å². The summed E-state index contributed by atoms with van der Waals surface area (Å²) in [5.41, 5.74) is 0. The van der Waals surface area contributed by atoms with Crippen LogP contribution in [-0.4, -0.2) is 40.3 Å². The van der Waals surface area contributed by atoms with Crippen molar-refractivity contribution in [1.82, 2.24) is 5.32 Å². The lowest BCUT2D eigenvalue weighted by atomic mass is 10.3. The quantitative estimate of drug-likeness (QED) is 0.225. The SMILES string of the molecule is OCNC(Cl)(CO)CO. The van der Waals surface area contributed by atoms with E-state index in [1.54, 1.807) is 0 Å². The van der Waals surface area contributed by atoms with E-state index >= 15 is 0 Å². The Morgan fingerprint density at radius 3 is 1.78 bits per heavy atom. The smallest absolute Gasteiger partial charge is 0.142 e. The monoisotopic (exact) mass is 155 g/mol. The van der Waals surface area contributed by atoms with Crippen LogP contribution in [0.25, 0.3) is 0 Å². The van der Waals surface area contributed by atoms with Gasteiger partial charge in [-0.1, -0.05) is 11.6 Å². The zero-order valence-corrected chi connectivity index (χ0v) is 5.60. The number of halogens is 1. The number of aliphatic hydroxyl groups is 3. The van der Waals surface area contributed by atoms with Crippen molar-refractivity contribution >= 4 is 11.6 Å². The molecule has 0 aromatic heterocycles. The lowest BCUT2D eigenvalue weighted by Gasteiger charge is -2.21. The van der Waals surface area contributed by atoms with Gasteiger partial charge >= 0.3 is 0 Å². The van der Waals surface area contributed by atoms with Crippen molar-refractivity contribution < 1.29 is 15.3 Å². The summed E-state index contributed by atoms with van der Waals surface area (Å²) in [5, 5.41) is 27.4. The molecule has 0 amide bonds. The molecule has 56 valence electrons. The van der Waals surface area contributed by atoms with Gasteiger partial charge in [0.05, 0.1) is 19.9 Å². The Morgan fingerprint density at radius 2 is 1.67 bits per heavy atom. The largest absolute Gasteiger partial charge is 0.393 e. The second-order valence-corrected chi connectivity index (χ2v) is 2.34. The molecule has 0 bridgehead atoms. The Balaban J connectivity index is 3.62. The number of aliphatic hydroxyl groups excluding tert-OH is 3. The van der Waals surface area contributed by atoms with E-state index in [-0.39, 0.29) is 6.73 Å². The molecular formula is C4H10ClNO3. The topological polar surface area (TPSA) is 72.7 Å². The number of rotatable bonds is 4. The van der Waals surface area contributed by atoms with Crippen LogP contribution in [-0.2, 0) is 0 Å². The van der Waals surface area contributed by atoms with Gasteiger partial charge in [0.2, 0.25) is 0 Å². The van der Waals surface area contributed by atoms with Crippen LogP contribution in [0.2, 0.25) is 0 Å². The molecule has 5 heteroatoms. The van der Waals surface area contributed by atoms with Crippen molar-refractivity contribution in [3.05, 3.63) is 0 Å². The summed E-state index contributed by atoms with van der Waals surface area (Å²) in [7, 11) is 0. The predicted octanol–water partition coefficient (Wildman–Crippen LogP) is -1.55. The molecule has 0 radical (unpaired) electrons. The summed E-state index contributed by atoms with van der Waals surface area (Å²) in [6.07, 6.45) is 0. The van der Waals surface area contributed by atoms with Gasteiger partial charge in [-0.3, -0.25) is 5.32 Å². The molecule has 4 nitrogen and oxygen atoms in total. The van der Waals surface area contributed by atoms with E-state index in [0.717, 1.165) is 0 Å². The van der Waals surface area contributed by atoms with Gasteiger partial charge in [0, 0.05) is 0 Å². The highest BCUT2D eigenvalue weighted by molar-refractivity contribution is 6.23. The van der Waals surface area contributed by atoms with Crippen molar-refractivity contribution in [1.29, 1.82) is 0 Å². The van der Waals surface area contributed by atoms with Gasteiger partial charge in [-0.25, -0.2) is 0 Å². The molecule has 0 saturated carbocycles. The van der Waals surface area contributed by atoms with Crippen LogP contribution in [0, 0.1) is 0 Å². The molecule has 0 fully saturated rings.